The van der Waals surface area contributed by atoms with Crippen LogP contribution in [-0.2, 0) is 0 Å². The fourth-order valence-corrected chi connectivity index (χ4v) is 2.16. The van der Waals surface area contributed by atoms with Crippen molar-refractivity contribution in [3.63, 3.8) is 0 Å². The van der Waals surface area contributed by atoms with Crippen LogP contribution in [0.4, 0.5) is 0 Å². The first kappa shape index (κ1) is 9.05. The monoisotopic (exact) mass is 155 g/mol. The summed E-state index contributed by atoms with van der Waals surface area (Å²) in [5.74, 6) is 1.99. The summed E-state index contributed by atoms with van der Waals surface area (Å²) in [6.07, 6.45) is 8.44. The van der Waals surface area contributed by atoms with Gasteiger partial charge in [-0.1, -0.05) is 39.0 Å². The van der Waals surface area contributed by atoms with Crippen molar-refractivity contribution < 1.29 is 0 Å². The highest BCUT2D eigenvalue weighted by Crippen LogP contribution is 2.31. The van der Waals surface area contributed by atoms with Crippen LogP contribution in [0.25, 0.3) is 0 Å². The minimum atomic E-state index is 0.890. The Labute approximate surface area is 70.4 Å². The first-order chi connectivity index (χ1) is 5.36. The van der Waals surface area contributed by atoms with Gasteiger partial charge in [-0.05, 0) is 24.8 Å². The normalized spacial score (nSPS) is 32.2. The highest BCUT2D eigenvalue weighted by molar-refractivity contribution is 4.71. The Kier molecular flexibility index (Phi) is 3.92. The zero-order valence-electron chi connectivity index (χ0n) is 7.68. The second-order valence-electron chi connectivity index (χ2n) is 3.87. The molecule has 1 heteroatoms. The van der Waals surface area contributed by atoms with Gasteiger partial charge in [0.25, 0.3) is 0 Å². The highest BCUT2D eigenvalue weighted by Gasteiger charge is 2.18. The van der Waals surface area contributed by atoms with Gasteiger partial charge >= 0.3 is 0 Å². The molecule has 0 saturated heterocycles. The largest absolute Gasteiger partial charge is 0.330 e. The average Bonchev–Trinajstić information content (AvgIpc) is 2.07. The van der Waals surface area contributed by atoms with Gasteiger partial charge in [0.1, 0.15) is 0 Å². The van der Waals surface area contributed by atoms with Crippen LogP contribution in [-0.4, -0.2) is 6.54 Å². The van der Waals surface area contributed by atoms with E-state index >= 15 is 0 Å². The molecule has 1 saturated carbocycles. The minimum absolute atomic E-state index is 0.890. The summed E-state index contributed by atoms with van der Waals surface area (Å²) in [6.45, 7) is 3.20. The lowest BCUT2D eigenvalue weighted by Gasteiger charge is -2.27. The van der Waals surface area contributed by atoms with Crippen LogP contribution >= 0.6 is 0 Å². The minimum Gasteiger partial charge on any atom is -0.330 e. The van der Waals surface area contributed by atoms with E-state index < -0.39 is 0 Å². The van der Waals surface area contributed by atoms with Crippen molar-refractivity contribution in [2.24, 2.45) is 17.6 Å². The quantitative estimate of drug-likeness (QED) is 0.666. The fourth-order valence-electron chi connectivity index (χ4n) is 2.16. The van der Waals surface area contributed by atoms with E-state index in [9.17, 15) is 0 Å². The second kappa shape index (κ2) is 4.76. The summed E-state index contributed by atoms with van der Waals surface area (Å²) in [5, 5.41) is 0. The Bertz CT molecular complexity index is 93.0. The standard InChI is InChI=1S/C10H21N/c1-2-9-3-5-10(6-4-9)7-8-11/h9-10H,2-8,11H2,1H3. The lowest BCUT2D eigenvalue weighted by molar-refractivity contribution is 0.261. The van der Waals surface area contributed by atoms with Crippen molar-refractivity contribution in [1.29, 1.82) is 0 Å². The van der Waals surface area contributed by atoms with Gasteiger partial charge in [0.2, 0.25) is 0 Å². The Morgan fingerprint density at radius 3 is 2.09 bits per heavy atom. The maximum absolute atomic E-state index is 5.53. The van der Waals surface area contributed by atoms with Crippen LogP contribution in [0.5, 0.6) is 0 Å². The molecule has 1 aliphatic carbocycles. The van der Waals surface area contributed by atoms with Gasteiger partial charge < -0.3 is 5.73 Å². The molecule has 0 amide bonds. The molecular formula is C10H21N. The number of rotatable bonds is 3. The Hall–Kier alpha value is -0.0400. The SMILES string of the molecule is CCC1CCC(CCN)CC1. The summed E-state index contributed by atoms with van der Waals surface area (Å²) < 4.78 is 0. The third-order valence-corrected chi connectivity index (χ3v) is 3.12. The molecule has 11 heavy (non-hydrogen) atoms. The van der Waals surface area contributed by atoms with Crippen LogP contribution in [0.3, 0.4) is 0 Å². The molecule has 1 nitrogen and oxygen atoms in total. The van der Waals surface area contributed by atoms with E-state index in [1.165, 1.54) is 38.5 Å². The first-order valence-electron chi connectivity index (χ1n) is 5.06. The van der Waals surface area contributed by atoms with Crippen molar-refractivity contribution in [3.05, 3.63) is 0 Å². The summed E-state index contributed by atoms with van der Waals surface area (Å²) in [4.78, 5) is 0. The fraction of sp³-hybridized carbons (Fsp3) is 1.00. The van der Waals surface area contributed by atoms with Crippen LogP contribution < -0.4 is 5.73 Å². The highest BCUT2D eigenvalue weighted by atomic mass is 14.5. The third kappa shape index (κ3) is 2.82. The second-order valence-corrected chi connectivity index (χ2v) is 3.87. The van der Waals surface area contributed by atoms with E-state index in [0.29, 0.717) is 0 Å². The van der Waals surface area contributed by atoms with Gasteiger partial charge in [-0.3, -0.25) is 0 Å². The zero-order valence-corrected chi connectivity index (χ0v) is 7.68. The van der Waals surface area contributed by atoms with Crippen LogP contribution in [0.15, 0.2) is 0 Å². The molecule has 1 rings (SSSR count). The number of hydrogen-bond donors (Lipinski definition) is 1. The van der Waals surface area contributed by atoms with E-state index in [2.05, 4.69) is 6.92 Å². The molecule has 66 valence electrons. The first-order valence-corrected chi connectivity index (χ1v) is 5.06. The van der Waals surface area contributed by atoms with E-state index in [1.807, 2.05) is 0 Å². The summed E-state index contributed by atoms with van der Waals surface area (Å²) >= 11 is 0. The van der Waals surface area contributed by atoms with E-state index in [1.54, 1.807) is 0 Å². The molecule has 0 unspecified atom stereocenters. The van der Waals surface area contributed by atoms with E-state index in [0.717, 1.165) is 18.4 Å². The Morgan fingerprint density at radius 2 is 1.64 bits per heavy atom. The molecule has 1 fully saturated rings. The molecule has 0 aromatic heterocycles. The molecule has 0 aliphatic heterocycles. The molecular weight excluding hydrogens is 134 g/mol. The smallest absolute Gasteiger partial charge is 0.00746 e. The zero-order chi connectivity index (χ0) is 8.10. The summed E-state index contributed by atoms with van der Waals surface area (Å²) in [7, 11) is 0. The molecule has 0 aromatic carbocycles. The lowest BCUT2D eigenvalue weighted by Crippen LogP contribution is -2.16. The van der Waals surface area contributed by atoms with Gasteiger partial charge in [0.15, 0.2) is 0 Å². The van der Waals surface area contributed by atoms with Crippen LogP contribution in [0.2, 0.25) is 0 Å². The predicted octanol–water partition coefficient (Wildman–Crippen LogP) is 2.55. The molecule has 0 aromatic rings. The molecule has 0 atom stereocenters. The van der Waals surface area contributed by atoms with Gasteiger partial charge in [0.05, 0.1) is 0 Å². The average molecular weight is 155 g/mol. The van der Waals surface area contributed by atoms with Gasteiger partial charge in [0, 0.05) is 0 Å². The van der Waals surface area contributed by atoms with Crippen molar-refractivity contribution >= 4 is 0 Å². The molecule has 0 bridgehead atoms. The Balaban J connectivity index is 2.14. The maximum Gasteiger partial charge on any atom is -0.00746 e. The van der Waals surface area contributed by atoms with Crippen molar-refractivity contribution in [3.8, 4) is 0 Å². The van der Waals surface area contributed by atoms with Crippen LogP contribution in [0, 0.1) is 11.8 Å². The number of hydrogen-bond acceptors (Lipinski definition) is 1. The Morgan fingerprint density at radius 1 is 1.09 bits per heavy atom. The third-order valence-electron chi connectivity index (χ3n) is 3.12. The molecule has 1 aliphatic rings. The van der Waals surface area contributed by atoms with Gasteiger partial charge in [-0.15, -0.1) is 0 Å². The lowest BCUT2D eigenvalue weighted by atomic mass is 9.79. The van der Waals surface area contributed by atoms with Crippen molar-refractivity contribution in [2.75, 3.05) is 6.54 Å². The molecule has 0 spiro atoms. The predicted molar refractivity (Wildman–Crippen MR) is 49.4 cm³/mol. The van der Waals surface area contributed by atoms with Crippen molar-refractivity contribution in [1.82, 2.24) is 0 Å². The van der Waals surface area contributed by atoms with E-state index in [-0.39, 0.29) is 0 Å². The number of nitrogens with two attached hydrogens (primary N) is 1. The molecule has 0 radical (unpaired) electrons. The van der Waals surface area contributed by atoms with Crippen LogP contribution in [0.1, 0.15) is 45.4 Å². The van der Waals surface area contributed by atoms with Crippen molar-refractivity contribution in [2.45, 2.75) is 45.4 Å². The van der Waals surface area contributed by atoms with Gasteiger partial charge in [-0.2, -0.15) is 0 Å². The maximum atomic E-state index is 5.53. The molecule has 0 heterocycles. The van der Waals surface area contributed by atoms with Gasteiger partial charge in [-0.25, -0.2) is 0 Å². The molecule has 2 N–H and O–H groups in total. The van der Waals surface area contributed by atoms with E-state index in [4.69, 9.17) is 5.73 Å². The topological polar surface area (TPSA) is 26.0 Å². The summed E-state index contributed by atoms with van der Waals surface area (Å²) in [5.41, 5.74) is 5.53. The summed E-state index contributed by atoms with van der Waals surface area (Å²) in [6, 6.07) is 0.